The molecule has 3 aromatic carbocycles. The minimum Gasteiger partial charge on any atom is -0.352 e. The molecule has 2 atom stereocenters. The van der Waals surface area contributed by atoms with Crippen LogP contribution in [-0.2, 0) is 32.6 Å². The highest BCUT2D eigenvalue weighted by Crippen LogP contribution is 2.30. The Balaban J connectivity index is 2.13. The molecule has 0 heterocycles. The van der Waals surface area contributed by atoms with Gasteiger partial charge in [0.2, 0.25) is 21.8 Å². The second-order valence-corrected chi connectivity index (χ2v) is 13.5. The van der Waals surface area contributed by atoms with Crippen molar-refractivity contribution in [1.29, 1.82) is 0 Å². The quantitative estimate of drug-likeness (QED) is 0.235. The number of carbonyl (C=O) groups excluding carboxylic acids is 2. The maximum absolute atomic E-state index is 14.3. The number of sulfonamides is 1. The fourth-order valence-electron chi connectivity index (χ4n) is 4.63. The molecule has 0 saturated carbocycles. The van der Waals surface area contributed by atoms with Gasteiger partial charge in [0.25, 0.3) is 0 Å². The molecule has 7 nitrogen and oxygen atoms in total. The standard InChI is InChI=1S/C32H39Cl2N3O4S/c1-6-23(4)35-32(39)30(18-24-12-8-7-9-13-24)36(20-25-16-17-26(33)19-28(25)34)31(38)21-37(42(5,40)41)29-15-11-10-14-27(29)22(2)3/h7-17,19,22-23,30H,6,18,20-21H2,1-5H3,(H,35,39)/t23-,30+/m1/s1. The molecule has 0 fully saturated rings. The van der Waals surface area contributed by atoms with Crippen molar-refractivity contribution in [1.82, 2.24) is 10.2 Å². The van der Waals surface area contributed by atoms with Gasteiger partial charge in [-0.2, -0.15) is 0 Å². The van der Waals surface area contributed by atoms with Gasteiger partial charge in [-0.25, -0.2) is 8.42 Å². The fraction of sp³-hybridized carbons (Fsp3) is 0.375. The van der Waals surface area contributed by atoms with Crippen LogP contribution in [0.25, 0.3) is 0 Å². The molecule has 42 heavy (non-hydrogen) atoms. The minimum absolute atomic E-state index is 0.0108. The molecule has 10 heteroatoms. The van der Waals surface area contributed by atoms with Crippen molar-refractivity contribution in [3.8, 4) is 0 Å². The SMILES string of the molecule is CC[C@@H](C)NC(=O)[C@H](Cc1ccccc1)N(Cc1ccc(Cl)cc1Cl)C(=O)CN(c1ccccc1C(C)C)S(C)(=O)=O. The van der Waals surface area contributed by atoms with Crippen LogP contribution in [0, 0.1) is 0 Å². The summed E-state index contributed by atoms with van der Waals surface area (Å²) in [7, 11) is -3.88. The topological polar surface area (TPSA) is 86.8 Å². The van der Waals surface area contributed by atoms with Crippen LogP contribution >= 0.6 is 23.2 Å². The van der Waals surface area contributed by atoms with Crippen LogP contribution in [0.15, 0.2) is 72.8 Å². The third-order valence-electron chi connectivity index (χ3n) is 7.13. The number of rotatable bonds is 13. The second-order valence-electron chi connectivity index (χ2n) is 10.8. The lowest BCUT2D eigenvalue weighted by atomic mass is 10.0. The Morgan fingerprint density at radius 1 is 0.929 bits per heavy atom. The third kappa shape index (κ3) is 8.96. The minimum atomic E-state index is -3.88. The van der Waals surface area contributed by atoms with E-state index >= 15 is 0 Å². The molecule has 0 aliphatic heterocycles. The van der Waals surface area contributed by atoms with Crippen LogP contribution in [0.5, 0.6) is 0 Å². The van der Waals surface area contributed by atoms with Crippen molar-refractivity contribution in [2.45, 2.75) is 65.1 Å². The predicted molar refractivity (Wildman–Crippen MR) is 172 cm³/mol. The summed E-state index contributed by atoms with van der Waals surface area (Å²) in [6.07, 6.45) is 2.00. The first-order chi connectivity index (χ1) is 19.8. The molecule has 3 aromatic rings. The van der Waals surface area contributed by atoms with E-state index in [1.165, 1.54) is 4.90 Å². The first-order valence-corrected chi connectivity index (χ1v) is 16.6. The highest BCUT2D eigenvalue weighted by Gasteiger charge is 2.34. The molecule has 2 amide bonds. The van der Waals surface area contributed by atoms with E-state index in [0.29, 0.717) is 27.7 Å². The second kappa shape index (κ2) is 14.9. The smallest absolute Gasteiger partial charge is 0.244 e. The van der Waals surface area contributed by atoms with Crippen LogP contribution in [0.2, 0.25) is 10.0 Å². The summed E-state index contributed by atoms with van der Waals surface area (Å²) in [4.78, 5) is 29.5. The highest BCUT2D eigenvalue weighted by molar-refractivity contribution is 7.92. The summed E-state index contributed by atoms with van der Waals surface area (Å²) in [5, 5.41) is 3.79. The van der Waals surface area contributed by atoms with E-state index in [1.54, 1.807) is 30.3 Å². The molecule has 0 aliphatic carbocycles. The van der Waals surface area contributed by atoms with Gasteiger partial charge < -0.3 is 10.2 Å². The summed E-state index contributed by atoms with van der Waals surface area (Å²) >= 11 is 12.7. The van der Waals surface area contributed by atoms with Gasteiger partial charge in [0.05, 0.1) is 11.9 Å². The van der Waals surface area contributed by atoms with E-state index in [0.717, 1.165) is 21.7 Å². The van der Waals surface area contributed by atoms with Crippen molar-refractivity contribution < 1.29 is 18.0 Å². The van der Waals surface area contributed by atoms with Gasteiger partial charge in [-0.1, -0.05) is 98.6 Å². The van der Waals surface area contributed by atoms with Crippen LogP contribution in [-0.4, -0.2) is 50.0 Å². The van der Waals surface area contributed by atoms with Crippen LogP contribution in [0.1, 0.15) is 56.7 Å². The Morgan fingerprint density at radius 3 is 2.17 bits per heavy atom. The number of amides is 2. The fourth-order valence-corrected chi connectivity index (χ4v) is 5.96. The summed E-state index contributed by atoms with van der Waals surface area (Å²) in [6, 6.07) is 20.4. The molecule has 0 radical (unpaired) electrons. The molecule has 0 aliphatic rings. The maximum Gasteiger partial charge on any atom is 0.244 e. The van der Waals surface area contributed by atoms with Crippen molar-refractivity contribution in [2.75, 3.05) is 17.1 Å². The largest absolute Gasteiger partial charge is 0.352 e. The number of carbonyl (C=O) groups is 2. The first-order valence-electron chi connectivity index (χ1n) is 14.0. The van der Waals surface area contributed by atoms with Crippen LogP contribution in [0.4, 0.5) is 5.69 Å². The number of para-hydroxylation sites is 1. The summed E-state index contributed by atoms with van der Waals surface area (Å²) < 4.78 is 27.4. The number of nitrogens with zero attached hydrogens (tertiary/aromatic N) is 2. The predicted octanol–water partition coefficient (Wildman–Crippen LogP) is 6.44. The zero-order valence-electron chi connectivity index (χ0n) is 24.7. The molecule has 0 aromatic heterocycles. The van der Waals surface area contributed by atoms with E-state index in [2.05, 4.69) is 5.32 Å². The van der Waals surface area contributed by atoms with Crippen molar-refractivity contribution >= 4 is 50.7 Å². The van der Waals surface area contributed by atoms with Gasteiger partial charge in [-0.05, 0) is 54.2 Å². The Kier molecular flexibility index (Phi) is 11.9. The molecule has 226 valence electrons. The van der Waals surface area contributed by atoms with E-state index in [1.807, 2.05) is 70.2 Å². The van der Waals surface area contributed by atoms with Gasteiger partial charge >= 0.3 is 0 Å². The molecular formula is C32H39Cl2N3O4S. The van der Waals surface area contributed by atoms with Crippen molar-refractivity contribution in [2.24, 2.45) is 0 Å². The lowest BCUT2D eigenvalue weighted by Gasteiger charge is -2.34. The van der Waals surface area contributed by atoms with E-state index in [-0.39, 0.29) is 30.8 Å². The molecule has 3 rings (SSSR count). The molecule has 0 saturated heterocycles. The van der Waals surface area contributed by atoms with Gasteiger partial charge in [0.1, 0.15) is 12.6 Å². The number of halogens is 2. The maximum atomic E-state index is 14.3. The summed E-state index contributed by atoms with van der Waals surface area (Å²) in [6.45, 7) is 7.27. The number of anilines is 1. The number of benzene rings is 3. The van der Waals surface area contributed by atoms with Gasteiger partial charge in [-0.15, -0.1) is 0 Å². The number of hydrogen-bond acceptors (Lipinski definition) is 4. The Morgan fingerprint density at radius 2 is 1.57 bits per heavy atom. The van der Waals surface area contributed by atoms with E-state index < -0.39 is 28.5 Å². The monoisotopic (exact) mass is 631 g/mol. The molecule has 0 bridgehead atoms. The molecule has 1 N–H and O–H groups in total. The van der Waals surface area contributed by atoms with Gasteiger partial charge in [0, 0.05) is 29.1 Å². The lowest BCUT2D eigenvalue weighted by molar-refractivity contribution is -0.140. The Labute approximate surface area is 259 Å². The van der Waals surface area contributed by atoms with Gasteiger partial charge in [0.15, 0.2) is 0 Å². The molecule has 0 unspecified atom stereocenters. The Hall–Kier alpha value is -3.07. The summed E-state index contributed by atoms with van der Waals surface area (Å²) in [5.74, 6) is -0.859. The average Bonchev–Trinajstić information content (AvgIpc) is 2.94. The van der Waals surface area contributed by atoms with Crippen LogP contribution < -0.4 is 9.62 Å². The average molecular weight is 633 g/mol. The third-order valence-corrected chi connectivity index (χ3v) is 8.85. The van der Waals surface area contributed by atoms with Crippen molar-refractivity contribution in [3.63, 3.8) is 0 Å². The Bertz CT molecular complexity index is 1480. The normalized spacial score (nSPS) is 13.0. The number of hydrogen-bond donors (Lipinski definition) is 1. The lowest BCUT2D eigenvalue weighted by Crippen LogP contribution is -2.54. The van der Waals surface area contributed by atoms with E-state index in [9.17, 15) is 18.0 Å². The highest BCUT2D eigenvalue weighted by atomic mass is 35.5. The van der Waals surface area contributed by atoms with Gasteiger partial charge in [-0.3, -0.25) is 13.9 Å². The van der Waals surface area contributed by atoms with Crippen molar-refractivity contribution in [3.05, 3.63) is 99.5 Å². The number of nitrogens with one attached hydrogen (secondary N) is 1. The van der Waals surface area contributed by atoms with Crippen LogP contribution in [0.3, 0.4) is 0 Å². The molecular weight excluding hydrogens is 593 g/mol. The zero-order chi connectivity index (χ0) is 31.0. The zero-order valence-corrected chi connectivity index (χ0v) is 27.0. The first kappa shape index (κ1) is 33.4. The summed E-state index contributed by atoms with van der Waals surface area (Å²) in [5.41, 5.74) is 2.65. The van der Waals surface area contributed by atoms with E-state index in [4.69, 9.17) is 23.2 Å². The molecule has 0 spiro atoms.